The van der Waals surface area contributed by atoms with Crippen molar-refractivity contribution in [3.05, 3.63) is 99.1 Å². The van der Waals surface area contributed by atoms with Gasteiger partial charge in [0.2, 0.25) is 0 Å². The SMILES string of the molecule is O=C(NCc1ccccc1)c1ccccc1Nc1ccc(Cl)cc1[N+](=O)[O-]. The van der Waals surface area contributed by atoms with Gasteiger partial charge in [-0.1, -0.05) is 54.1 Å². The molecule has 1 amide bonds. The highest BCUT2D eigenvalue weighted by molar-refractivity contribution is 6.31. The first kappa shape index (κ1) is 18.4. The molecule has 2 N–H and O–H groups in total. The van der Waals surface area contributed by atoms with E-state index in [1.165, 1.54) is 12.1 Å². The van der Waals surface area contributed by atoms with Gasteiger partial charge in [0.1, 0.15) is 5.69 Å². The number of nitro benzene ring substituents is 1. The highest BCUT2D eigenvalue weighted by Gasteiger charge is 2.17. The molecule has 0 bridgehead atoms. The third-order valence-electron chi connectivity index (χ3n) is 3.89. The van der Waals surface area contributed by atoms with Crippen LogP contribution >= 0.6 is 11.6 Å². The summed E-state index contributed by atoms with van der Waals surface area (Å²) in [4.78, 5) is 23.3. The van der Waals surface area contributed by atoms with Gasteiger partial charge >= 0.3 is 0 Å². The average Bonchev–Trinajstić information content (AvgIpc) is 2.68. The van der Waals surface area contributed by atoms with E-state index in [-0.39, 0.29) is 22.3 Å². The first-order valence-electron chi connectivity index (χ1n) is 8.17. The number of hydrogen-bond acceptors (Lipinski definition) is 4. The fourth-order valence-electron chi connectivity index (χ4n) is 2.57. The first-order chi connectivity index (χ1) is 13.0. The first-order valence-corrected chi connectivity index (χ1v) is 8.54. The number of amides is 1. The number of carbonyl (C=O) groups is 1. The molecule has 0 aromatic heterocycles. The molecule has 0 fully saturated rings. The van der Waals surface area contributed by atoms with Gasteiger partial charge in [-0.25, -0.2) is 0 Å². The van der Waals surface area contributed by atoms with E-state index < -0.39 is 4.92 Å². The van der Waals surface area contributed by atoms with Crippen molar-refractivity contribution < 1.29 is 9.72 Å². The number of halogens is 1. The van der Waals surface area contributed by atoms with E-state index in [9.17, 15) is 14.9 Å². The van der Waals surface area contributed by atoms with Gasteiger partial charge in [-0.2, -0.15) is 0 Å². The standard InChI is InChI=1S/C20H16ClN3O3/c21-15-10-11-18(19(12-15)24(26)27)23-17-9-5-4-8-16(17)20(25)22-13-14-6-2-1-3-7-14/h1-12,23H,13H2,(H,22,25). The van der Waals surface area contributed by atoms with E-state index in [1.54, 1.807) is 30.3 Å². The summed E-state index contributed by atoms with van der Waals surface area (Å²) < 4.78 is 0. The molecule has 0 spiro atoms. The number of hydrogen-bond donors (Lipinski definition) is 2. The second-order valence-electron chi connectivity index (χ2n) is 5.76. The van der Waals surface area contributed by atoms with Crippen LogP contribution in [-0.4, -0.2) is 10.8 Å². The summed E-state index contributed by atoms with van der Waals surface area (Å²) in [5.41, 5.74) is 1.92. The van der Waals surface area contributed by atoms with Crippen molar-refractivity contribution in [2.75, 3.05) is 5.32 Å². The van der Waals surface area contributed by atoms with Crippen molar-refractivity contribution in [1.82, 2.24) is 5.32 Å². The largest absolute Gasteiger partial charge is 0.349 e. The number of para-hydroxylation sites is 1. The second-order valence-corrected chi connectivity index (χ2v) is 6.19. The molecule has 0 aliphatic heterocycles. The summed E-state index contributed by atoms with van der Waals surface area (Å²) in [6, 6.07) is 20.7. The van der Waals surface area contributed by atoms with E-state index in [1.807, 2.05) is 30.3 Å². The van der Waals surface area contributed by atoms with Crippen LogP contribution in [0.1, 0.15) is 15.9 Å². The number of nitrogens with one attached hydrogen (secondary N) is 2. The molecule has 7 heteroatoms. The molecule has 0 atom stereocenters. The minimum atomic E-state index is -0.522. The molecular formula is C20H16ClN3O3. The smallest absolute Gasteiger partial charge is 0.294 e. The minimum absolute atomic E-state index is 0.165. The van der Waals surface area contributed by atoms with Gasteiger partial charge in [-0.3, -0.25) is 14.9 Å². The molecule has 0 unspecified atom stereocenters. The van der Waals surface area contributed by atoms with Crippen LogP contribution in [0.5, 0.6) is 0 Å². The van der Waals surface area contributed by atoms with Crippen LogP contribution in [0, 0.1) is 10.1 Å². The zero-order valence-electron chi connectivity index (χ0n) is 14.2. The molecule has 136 valence electrons. The lowest BCUT2D eigenvalue weighted by Crippen LogP contribution is -2.23. The summed E-state index contributed by atoms with van der Waals surface area (Å²) in [6.07, 6.45) is 0. The highest BCUT2D eigenvalue weighted by Crippen LogP contribution is 2.31. The summed E-state index contributed by atoms with van der Waals surface area (Å²) in [5, 5.41) is 17.4. The van der Waals surface area contributed by atoms with E-state index in [0.717, 1.165) is 5.56 Å². The van der Waals surface area contributed by atoms with Gasteiger partial charge in [-0.05, 0) is 29.8 Å². The molecule has 3 aromatic rings. The fraction of sp³-hybridized carbons (Fsp3) is 0.0500. The number of nitro groups is 1. The Kier molecular flexibility index (Phi) is 5.68. The van der Waals surface area contributed by atoms with Gasteiger partial charge in [0.25, 0.3) is 11.6 Å². The van der Waals surface area contributed by atoms with Gasteiger partial charge in [0, 0.05) is 17.6 Å². The third-order valence-corrected chi connectivity index (χ3v) is 4.13. The van der Waals surface area contributed by atoms with Crippen LogP contribution < -0.4 is 10.6 Å². The molecule has 0 aliphatic rings. The lowest BCUT2D eigenvalue weighted by Gasteiger charge is -2.13. The lowest BCUT2D eigenvalue weighted by molar-refractivity contribution is -0.383. The van der Waals surface area contributed by atoms with Crippen LogP contribution in [0.25, 0.3) is 0 Å². The minimum Gasteiger partial charge on any atom is -0.349 e. The molecule has 3 aromatic carbocycles. The lowest BCUT2D eigenvalue weighted by atomic mass is 10.1. The maximum absolute atomic E-state index is 12.6. The van der Waals surface area contributed by atoms with Gasteiger partial charge < -0.3 is 10.6 Å². The van der Waals surface area contributed by atoms with Crippen LogP contribution in [0.15, 0.2) is 72.8 Å². The summed E-state index contributed by atoms with van der Waals surface area (Å²) in [5.74, 6) is -0.279. The summed E-state index contributed by atoms with van der Waals surface area (Å²) >= 11 is 5.85. The number of anilines is 2. The Morgan fingerprint density at radius 3 is 2.41 bits per heavy atom. The predicted molar refractivity (Wildman–Crippen MR) is 105 cm³/mol. The zero-order valence-corrected chi connectivity index (χ0v) is 14.9. The van der Waals surface area contributed by atoms with E-state index >= 15 is 0 Å². The average molecular weight is 382 g/mol. The molecule has 0 heterocycles. The number of nitrogens with zero attached hydrogens (tertiary/aromatic N) is 1. The van der Waals surface area contributed by atoms with Crippen LogP contribution in [-0.2, 0) is 6.54 Å². The maximum atomic E-state index is 12.6. The topological polar surface area (TPSA) is 84.3 Å². The number of benzene rings is 3. The third kappa shape index (κ3) is 4.62. The van der Waals surface area contributed by atoms with E-state index in [2.05, 4.69) is 10.6 Å². The van der Waals surface area contributed by atoms with Crippen LogP contribution in [0.2, 0.25) is 5.02 Å². The van der Waals surface area contributed by atoms with Crippen molar-refractivity contribution in [3.63, 3.8) is 0 Å². The van der Waals surface area contributed by atoms with Crippen molar-refractivity contribution in [2.24, 2.45) is 0 Å². The fourth-order valence-corrected chi connectivity index (χ4v) is 2.74. The Hall–Kier alpha value is -3.38. The monoisotopic (exact) mass is 381 g/mol. The second kappa shape index (κ2) is 8.33. The Morgan fingerprint density at radius 1 is 0.963 bits per heavy atom. The van der Waals surface area contributed by atoms with Crippen molar-refractivity contribution in [2.45, 2.75) is 6.54 Å². The molecule has 6 nitrogen and oxygen atoms in total. The molecule has 0 aliphatic carbocycles. The van der Waals surface area contributed by atoms with E-state index in [4.69, 9.17) is 11.6 Å². The Morgan fingerprint density at radius 2 is 1.67 bits per heavy atom. The Bertz CT molecular complexity index is 977. The zero-order chi connectivity index (χ0) is 19.2. The molecule has 0 saturated carbocycles. The van der Waals surface area contributed by atoms with Crippen LogP contribution in [0.3, 0.4) is 0 Å². The van der Waals surface area contributed by atoms with Crippen molar-refractivity contribution in [1.29, 1.82) is 0 Å². The summed E-state index contributed by atoms with van der Waals surface area (Å²) in [6.45, 7) is 0.384. The Balaban J connectivity index is 1.82. The predicted octanol–water partition coefficient (Wildman–Crippen LogP) is 4.92. The quantitative estimate of drug-likeness (QED) is 0.468. The molecule has 3 rings (SSSR count). The van der Waals surface area contributed by atoms with Crippen LogP contribution in [0.4, 0.5) is 17.1 Å². The maximum Gasteiger partial charge on any atom is 0.294 e. The van der Waals surface area contributed by atoms with Gasteiger partial charge in [0.15, 0.2) is 0 Å². The molecular weight excluding hydrogens is 366 g/mol. The molecule has 27 heavy (non-hydrogen) atoms. The Labute approximate surface area is 160 Å². The van der Waals surface area contributed by atoms with Gasteiger partial charge in [-0.15, -0.1) is 0 Å². The highest BCUT2D eigenvalue weighted by atomic mass is 35.5. The van der Waals surface area contributed by atoms with E-state index in [0.29, 0.717) is 17.8 Å². The molecule has 0 radical (unpaired) electrons. The number of carbonyl (C=O) groups excluding carboxylic acids is 1. The van der Waals surface area contributed by atoms with Gasteiger partial charge in [0.05, 0.1) is 16.2 Å². The molecule has 0 saturated heterocycles. The number of rotatable bonds is 6. The van der Waals surface area contributed by atoms with Crippen molar-refractivity contribution >= 4 is 34.6 Å². The summed E-state index contributed by atoms with van der Waals surface area (Å²) in [7, 11) is 0. The normalized spacial score (nSPS) is 10.3. The van der Waals surface area contributed by atoms with Crippen molar-refractivity contribution in [3.8, 4) is 0 Å².